The van der Waals surface area contributed by atoms with E-state index in [1.54, 1.807) is 0 Å². The summed E-state index contributed by atoms with van der Waals surface area (Å²) in [6.07, 6.45) is 1.77. The van der Waals surface area contributed by atoms with E-state index in [0.717, 1.165) is 31.7 Å². The number of nitrogens with two attached hydrogens (primary N) is 1. The summed E-state index contributed by atoms with van der Waals surface area (Å²) in [7, 11) is 0. The number of rotatable bonds is 9. The van der Waals surface area contributed by atoms with Gasteiger partial charge in [-0.2, -0.15) is 0 Å². The van der Waals surface area contributed by atoms with Crippen LogP contribution in [0.15, 0.2) is 35.5 Å². The zero-order valence-corrected chi connectivity index (χ0v) is 12.3. The summed E-state index contributed by atoms with van der Waals surface area (Å²) in [4.78, 5) is 0. The molecule has 0 heterocycles. The molecule has 5 nitrogen and oxygen atoms in total. The van der Waals surface area contributed by atoms with Gasteiger partial charge in [-0.1, -0.05) is 37.2 Å². The molecule has 0 unspecified atom stereocenters. The second-order valence-electron chi connectivity index (χ2n) is 5.38. The molecule has 0 radical (unpaired) electrons. The molecule has 0 saturated heterocycles. The number of para-hydroxylation sites is 1. The van der Waals surface area contributed by atoms with Crippen LogP contribution in [-0.2, 0) is 0 Å². The lowest BCUT2D eigenvalue weighted by Crippen LogP contribution is -2.35. The van der Waals surface area contributed by atoms with E-state index in [-0.39, 0.29) is 11.3 Å². The second kappa shape index (κ2) is 8.43. The number of hydrogen-bond acceptors (Lipinski definition) is 4. The minimum Gasteiger partial charge on any atom is -0.494 e. The Morgan fingerprint density at radius 2 is 2.00 bits per heavy atom. The van der Waals surface area contributed by atoms with Gasteiger partial charge in [0.1, 0.15) is 11.6 Å². The molecule has 0 aromatic heterocycles. The van der Waals surface area contributed by atoms with Crippen LogP contribution in [0.3, 0.4) is 0 Å². The van der Waals surface area contributed by atoms with E-state index >= 15 is 0 Å². The maximum absolute atomic E-state index is 8.68. The molecule has 112 valence electrons. The van der Waals surface area contributed by atoms with E-state index in [1.807, 2.05) is 44.2 Å². The van der Waals surface area contributed by atoms with Crippen molar-refractivity contribution in [2.24, 2.45) is 16.3 Å². The smallest absolute Gasteiger partial charge is 0.144 e. The maximum Gasteiger partial charge on any atom is 0.144 e. The topological polar surface area (TPSA) is 79.9 Å². The van der Waals surface area contributed by atoms with Gasteiger partial charge in [-0.3, -0.25) is 0 Å². The molecule has 1 aromatic rings. The van der Waals surface area contributed by atoms with E-state index in [1.165, 1.54) is 0 Å². The van der Waals surface area contributed by atoms with Crippen LogP contribution in [0.1, 0.15) is 26.7 Å². The Hall–Kier alpha value is -1.75. The Morgan fingerprint density at radius 1 is 1.30 bits per heavy atom. The van der Waals surface area contributed by atoms with Crippen LogP contribution in [0.5, 0.6) is 5.75 Å². The predicted molar refractivity (Wildman–Crippen MR) is 81.2 cm³/mol. The van der Waals surface area contributed by atoms with E-state index < -0.39 is 0 Å². The molecule has 0 saturated carbocycles. The SMILES string of the molecule is CC(C)(CCNCCCOc1ccccc1)C(N)=NO. The average Bonchev–Trinajstić information content (AvgIpc) is 2.46. The largest absolute Gasteiger partial charge is 0.494 e. The fourth-order valence-corrected chi connectivity index (χ4v) is 1.69. The first-order chi connectivity index (χ1) is 9.56. The van der Waals surface area contributed by atoms with Gasteiger partial charge in [0.15, 0.2) is 0 Å². The highest BCUT2D eigenvalue weighted by atomic mass is 16.5. The summed E-state index contributed by atoms with van der Waals surface area (Å²) in [5.41, 5.74) is 5.34. The van der Waals surface area contributed by atoms with Crippen LogP contribution in [-0.4, -0.2) is 30.7 Å². The van der Waals surface area contributed by atoms with Gasteiger partial charge in [0, 0.05) is 5.41 Å². The monoisotopic (exact) mass is 279 g/mol. The summed E-state index contributed by atoms with van der Waals surface area (Å²) in [5.74, 6) is 1.17. The zero-order chi connectivity index (χ0) is 14.8. The van der Waals surface area contributed by atoms with Gasteiger partial charge in [0.2, 0.25) is 0 Å². The predicted octanol–water partition coefficient (Wildman–Crippen LogP) is 2.21. The molecule has 0 amide bonds. The van der Waals surface area contributed by atoms with Crippen LogP contribution in [0.25, 0.3) is 0 Å². The molecule has 0 atom stereocenters. The van der Waals surface area contributed by atoms with Crippen molar-refractivity contribution >= 4 is 5.84 Å². The highest BCUT2D eigenvalue weighted by Gasteiger charge is 2.22. The molecule has 1 rings (SSSR count). The molecular formula is C15H25N3O2. The Kier molecular flexibility index (Phi) is 6.87. The first-order valence-electron chi connectivity index (χ1n) is 6.93. The summed E-state index contributed by atoms with van der Waals surface area (Å²) < 4.78 is 5.60. The third kappa shape index (κ3) is 5.93. The average molecular weight is 279 g/mol. The van der Waals surface area contributed by atoms with Crippen LogP contribution in [0.4, 0.5) is 0 Å². The number of hydrogen-bond donors (Lipinski definition) is 3. The zero-order valence-electron chi connectivity index (χ0n) is 12.3. The number of benzene rings is 1. The molecule has 0 spiro atoms. The lowest BCUT2D eigenvalue weighted by Gasteiger charge is -2.22. The molecule has 4 N–H and O–H groups in total. The van der Waals surface area contributed by atoms with Crippen LogP contribution < -0.4 is 15.8 Å². The standard InChI is InChI=1S/C15H25N3O2/c1-15(2,14(16)18-19)9-11-17-10-6-12-20-13-7-4-3-5-8-13/h3-5,7-8,17,19H,6,9-12H2,1-2H3,(H2,16,18). The van der Waals surface area contributed by atoms with Gasteiger partial charge in [-0.25, -0.2) is 0 Å². The molecule has 0 aliphatic heterocycles. The summed E-state index contributed by atoms with van der Waals surface area (Å²) in [6, 6.07) is 9.79. The second-order valence-corrected chi connectivity index (χ2v) is 5.38. The Morgan fingerprint density at radius 3 is 2.65 bits per heavy atom. The molecule has 20 heavy (non-hydrogen) atoms. The molecular weight excluding hydrogens is 254 g/mol. The molecule has 0 aliphatic carbocycles. The van der Waals surface area contributed by atoms with Crippen LogP contribution >= 0.6 is 0 Å². The molecule has 1 aromatic carbocycles. The lowest BCUT2D eigenvalue weighted by molar-refractivity contribution is 0.301. The summed E-state index contributed by atoms with van der Waals surface area (Å²) >= 11 is 0. The van der Waals surface area contributed by atoms with Crippen LogP contribution in [0, 0.1) is 5.41 Å². The number of amidine groups is 1. The van der Waals surface area contributed by atoms with E-state index in [4.69, 9.17) is 15.7 Å². The van der Waals surface area contributed by atoms with Crippen molar-refractivity contribution in [3.63, 3.8) is 0 Å². The summed E-state index contributed by atoms with van der Waals surface area (Å²) in [6.45, 7) is 6.33. The van der Waals surface area contributed by atoms with Gasteiger partial charge < -0.3 is 21.0 Å². The van der Waals surface area contributed by atoms with Crippen molar-refractivity contribution in [1.82, 2.24) is 5.32 Å². The minimum atomic E-state index is -0.289. The molecule has 0 aliphatic rings. The Bertz CT molecular complexity index is 405. The van der Waals surface area contributed by atoms with Crippen molar-refractivity contribution in [2.75, 3.05) is 19.7 Å². The fraction of sp³-hybridized carbons (Fsp3) is 0.533. The maximum atomic E-state index is 8.68. The summed E-state index contributed by atoms with van der Waals surface area (Å²) in [5, 5.41) is 15.1. The normalized spacial score (nSPS) is 12.4. The van der Waals surface area contributed by atoms with Crippen molar-refractivity contribution in [3.05, 3.63) is 30.3 Å². The number of nitrogens with one attached hydrogen (secondary N) is 1. The van der Waals surface area contributed by atoms with Gasteiger partial charge in [-0.05, 0) is 38.1 Å². The molecule has 0 bridgehead atoms. The number of nitrogens with zero attached hydrogens (tertiary/aromatic N) is 1. The number of oxime groups is 1. The van der Waals surface area contributed by atoms with Gasteiger partial charge in [0.05, 0.1) is 6.61 Å². The highest BCUT2D eigenvalue weighted by Crippen LogP contribution is 2.19. The van der Waals surface area contributed by atoms with Crippen molar-refractivity contribution in [3.8, 4) is 5.75 Å². The minimum absolute atomic E-state index is 0.270. The Labute approximate surface area is 120 Å². The van der Waals surface area contributed by atoms with Crippen LogP contribution in [0.2, 0.25) is 0 Å². The third-order valence-corrected chi connectivity index (χ3v) is 3.24. The van der Waals surface area contributed by atoms with Gasteiger partial charge >= 0.3 is 0 Å². The Balaban J connectivity index is 2.06. The van der Waals surface area contributed by atoms with Crippen molar-refractivity contribution in [1.29, 1.82) is 0 Å². The van der Waals surface area contributed by atoms with Crippen molar-refractivity contribution in [2.45, 2.75) is 26.7 Å². The first-order valence-corrected chi connectivity index (χ1v) is 6.93. The van der Waals surface area contributed by atoms with E-state index in [9.17, 15) is 0 Å². The van der Waals surface area contributed by atoms with Gasteiger partial charge in [0.25, 0.3) is 0 Å². The molecule has 5 heteroatoms. The van der Waals surface area contributed by atoms with Crippen molar-refractivity contribution < 1.29 is 9.94 Å². The molecule has 0 fully saturated rings. The fourth-order valence-electron chi connectivity index (χ4n) is 1.69. The third-order valence-electron chi connectivity index (χ3n) is 3.24. The first kappa shape index (κ1) is 16.3. The van der Waals surface area contributed by atoms with Gasteiger partial charge in [-0.15, -0.1) is 0 Å². The lowest BCUT2D eigenvalue weighted by atomic mass is 9.88. The van der Waals surface area contributed by atoms with E-state index in [2.05, 4.69) is 10.5 Å². The van der Waals surface area contributed by atoms with E-state index in [0.29, 0.717) is 6.61 Å². The highest BCUT2D eigenvalue weighted by molar-refractivity contribution is 5.85. The quantitative estimate of drug-likeness (QED) is 0.213. The number of ether oxygens (including phenoxy) is 1.